The van der Waals surface area contributed by atoms with Crippen molar-refractivity contribution in [2.24, 2.45) is 4.99 Å². The average molecular weight is 121 g/mol. The summed E-state index contributed by atoms with van der Waals surface area (Å²) in [4.78, 5) is 3.93. The average Bonchev–Trinajstić information content (AvgIpc) is 1.89. The Hall–Kier alpha value is -1.03. The van der Waals surface area contributed by atoms with Gasteiger partial charge in [0.25, 0.3) is 0 Å². The minimum absolute atomic E-state index is 0.477. The van der Waals surface area contributed by atoms with Gasteiger partial charge in [-0.25, -0.2) is 0 Å². The smallest absolute Gasteiger partial charge is 0.0994 e. The topological polar surface area (TPSA) is 12.4 Å². The fourth-order valence-corrected chi connectivity index (χ4v) is 0.317. The van der Waals surface area contributed by atoms with Crippen molar-refractivity contribution in [3.05, 3.63) is 11.6 Å². The van der Waals surface area contributed by atoms with Crippen molar-refractivity contribution in [3.8, 4) is 12.3 Å². The van der Waals surface area contributed by atoms with Gasteiger partial charge >= 0.3 is 0 Å². The van der Waals surface area contributed by atoms with E-state index >= 15 is 0 Å². The first-order valence-electron chi connectivity index (χ1n) is 2.87. The van der Waals surface area contributed by atoms with Crippen molar-refractivity contribution in [1.82, 2.24) is 0 Å². The molecule has 0 aliphatic rings. The van der Waals surface area contributed by atoms with Gasteiger partial charge in [0.2, 0.25) is 0 Å². The Kier molecular flexibility index (Phi) is 4.53. The van der Waals surface area contributed by atoms with Crippen LogP contribution in [0.15, 0.2) is 16.6 Å². The summed E-state index contributed by atoms with van der Waals surface area (Å²) in [6.07, 6.45) is 8.74. The van der Waals surface area contributed by atoms with Gasteiger partial charge < -0.3 is 0 Å². The zero-order valence-electron chi connectivity index (χ0n) is 5.89. The number of allylic oxidation sites excluding steroid dienone is 2. The van der Waals surface area contributed by atoms with Gasteiger partial charge in [0, 0.05) is 6.21 Å². The molecule has 0 aromatic carbocycles. The monoisotopic (exact) mass is 121 g/mol. The molecule has 0 aromatic rings. The lowest BCUT2D eigenvalue weighted by atomic mass is 10.3. The summed E-state index contributed by atoms with van der Waals surface area (Å²) in [7, 11) is 0. The zero-order chi connectivity index (χ0) is 7.11. The molecule has 1 heteroatoms. The van der Waals surface area contributed by atoms with Crippen LogP contribution in [0.1, 0.15) is 13.8 Å². The third kappa shape index (κ3) is 4.83. The fraction of sp³-hybridized carbons (Fsp3) is 0.375. The number of hydrogen-bond acceptors (Lipinski definition) is 1. The molecule has 0 unspecified atom stereocenters. The van der Waals surface area contributed by atoms with Crippen molar-refractivity contribution < 1.29 is 0 Å². The van der Waals surface area contributed by atoms with Crippen LogP contribution in [0.2, 0.25) is 0 Å². The summed E-state index contributed by atoms with van der Waals surface area (Å²) in [6, 6.07) is 0. The summed E-state index contributed by atoms with van der Waals surface area (Å²) < 4.78 is 0. The first kappa shape index (κ1) is 7.97. The van der Waals surface area contributed by atoms with Crippen molar-refractivity contribution in [2.75, 3.05) is 6.54 Å². The van der Waals surface area contributed by atoms with Gasteiger partial charge in [0.1, 0.15) is 0 Å². The quantitative estimate of drug-likeness (QED) is 0.389. The van der Waals surface area contributed by atoms with E-state index in [0.29, 0.717) is 6.54 Å². The van der Waals surface area contributed by atoms with E-state index in [2.05, 4.69) is 10.9 Å². The number of terminal acetylenes is 1. The lowest BCUT2D eigenvalue weighted by Gasteiger charge is -1.83. The van der Waals surface area contributed by atoms with E-state index < -0.39 is 0 Å². The highest BCUT2D eigenvalue weighted by molar-refractivity contribution is 5.77. The molecule has 48 valence electrons. The number of nitrogens with zero attached hydrogens (tertiary/aromatic N) is 1. The zero-order valence-corrected chi connectivity index (χ0v) is 5.89. The van der Waals surface area contributed by atoms with E-state index in [1.54, 1.807) is 6.21 Å². The highest BCUT2D eigenvalue weighted by atomic mass is 14.7. The van der Waals surface area contributed by atoms with Crippen molar-refractivity contribution in [2.45, 2.75) is 13.8 Å². The second-order valence-corrected chi connectivity index (χ2v) is 1.71. The van der Waals surface area contributed by atoms with Crippen LogP contribution in [0.5, 0.6) is 0 Å². The highest BCUT2D eigenvalue weighted by Gasteiger charge is 1.74. The Labute approximate surface area is 56.5 Å². The molecule has 0 aromatic heterocycles. The van der Waals surface area contributed by atoms with Crippen LogP contribution in [0.4, 0.5) is 0 Å². The summed E-state index contributed by atoms with van der Waals surface area (Å²) in [5, 5.41) is 0. The molecular formula is C8H11N. The SMILES string of the molecule is C#CCN=C/C(C)=C/C. The third-order valence-corrected chi connectivity index (χ3v) is 0.933. The molecule has 0 aliphatic carbocycles. The molecule has 0 heterocycles. The maximum atomic E-state index is 4.97. The van der Waals surface area contributed by atoms with Crippen LogP contribution in [0, 0.1) is 12.3 Å². The van der Waals surface area contributed by atoms with Gasteiger partial charge in [0.05, 0.1) is 6.54 Å². The van der Waals surface area contributed by atoms with Crippen LogP contribution in [0.25, 0.3) is 0 Å². The Bertz CT molecular complexity index is 158. The summed E-state index contributed by atoms with van der Waals surface area (Å²) >= 11 is 0. The second kappa shape index (κ2) is 5.11. The van der Waals surface area contributed by atoms with Gasteiger partial charge in [-0.15, -0.1) is 6.42 Å². The van der Waals surface area contributed by atoms with E-state index in [0.717, 1.165) is 5.57 Å². The lowest BCUT2D eigenvalue weighted by Crippen LogP contribution is -1.78. The molecule has 0 bridgehead atoms. The highest BCUT2D eigenvalue weighted by Crippen LogP contribution is 1.84. The molecule has 0 spiro atoms. The first-order valence-corrected chi connectivity index (χ1v) is 2.87. The Morgan fingerprint density at radius 3 is 2.89 bits per heavy atom. The summed E-state index contributed by atoms with van der Waals surface area (Å²) in [5.41, 5.74) is 1.14. The van der Waals surface area contributed by atoms with Gasteiger partial charge in [-0.05, 0) is 19.4 Å². The Balaban J connectivity index is 3.61. The predicted molar refractivity (Wildman–Crippen MR) is 41.6 cm³/mol. The first-order chi connectivity index (χ1) is 4.31. The van der Waals surface area contributed by atoms with Gasteiger partial charge in [0.15, 0.2) is 0 Å². The molecule has 0 amide bonds. The van der Waals surface area contributed by atoms with Crippen LogP contribution in [-0.2, 0) is 0 Å². The minimum atomic E-state index is 0.477. The summed E-state index contributed by atoms with van der Waals surface area (Å²) in [6.45, 7) is 4.43. The molecule has 0 fully saturated rings. The van der Waals surface area contributed by atoms with E-state index in [-0.39, 0.29) is 0 Å². The van der Waals surface area contributed by atoms with E-state index in [9.17, 15) is 0 Å². The molecule has 0 N–H and O–H groups in total. The normalized spacial score (nSPS) is 11.9. The number of hydrogen-bond donors (Lipinski definition) is 0. The fourth-order valence-electron chi connectivity index (χ4n) is 0.317. The third-order valence-electron chi connectivity index (χ3n) is 0.933. The standard InChI is InChI=1S/C8H11N/c1-4-6-9-7-8(3)5-2/h1,5,7H,6H2,2-3H3/b8-5+,9-7?. The molecule has 0 radical (unpaired) electrons. The second-order valence-electron chi connectivity index (χ2n) is 1.71. The number of rotatable bonds is 2. The molecule has 0 rings (SSSR count). The van der Waals surface area contributed by atoms with E-state index in [1.807, 2.05) is 19.9 Å². The molecule has 0 aliphatic heterocycles. The molecular weight excluding hydrogens is 110 g/mol. The van der Waals surface area contributed by atoms with Crippen LogP contribution >= 0.6 is 0 Å². The van der Waals surface area contributed by atoms with Crippen LogP contribution < -0.4 is 0 Å². The molecule has 0 saturated heterocycles. The van der Waals surface area contributed by atoms with Gasteiger partial charge in [-0.2, -0.15) is 0 Å². The molecule has 1 nitrogen and oxygen atoms in total. The number of aliphatic imine (C=N–C) groups is 1. The minimum Gasteiger partial charge on any atom is -0.280 e. The van der Waals surface area contributed by atoms with Crippen molar-refractivity contribution in [1.29, 1.82) is 0 Å². The van der Waals surface area contributed by atoms with E-state index in [4.69, 9.17) is 6.42 Å². The maximum Gasteiger partial charge on any atom is 0.0994 e. The van der Waals surface area contributed by atoms with Gasteiger partial charge in [-0.1, -0.05) is 12.0 Å². The van der Waals surface area contributed by atoms with Crippen LogP contribution in [0.3, 0.4) is 0 Å². The Morgan fingerprint density at radius 1 is 1.78 bits per heavy atom. The molecule has 0 atom stereocenters. The lowest BCUT2D eigenvalue weighted by molar-refractivity contribution is 1.30. The maximum absolute atomic E-state index is 4.97. The van der Waals surface area contributed by atoms with Gasteiger partial charge in [-0.3, -0.25) is 4.99 Å². The van der Waals surface area contributed by atoms with Crippen molar-refractivity contribution in [3.63, 3.8) is 0 Å². The van der Waals surface area contributed by atoms with Crippen LogP contribution in [-0.4, -0.2) is 12.8 Å². The molecule has 9 heavy (non-hydrogen) atoms. The van der Waals surface area contributed by atoms with Crippen molar-refractivity contribution >= 4 is 6.21 Å². The Morgan fingerprint density at radius 2 is 2.44 bits per heavy atom. The van der Waals surface area contributed by atoms with E-state index in [1.165, 1.54) is 0 Å². The summed E-state index contributed by atoms with van der Waals surface area (Å²) in [5.74, 6) is 2.42. The predicted octanol–water partition coefficient (Wildman–Crippen LogP) is 1.66. The molecule has 0 saturated carbocycles. The largest absolute Gasteiger partial charge is 0.280 e.